The predicted octanol–water partition coefficient (Wildman–Crippen LogP) is 3.29. The van der Waals surface area contributed by atoms with Crippen LogP contribution < -0.4 is 10.5 Å². The SMILES string of the molecule is CCCC(C)(N)C(=O)c1ccccc1OC(F)(F)F. The topological polar surface area (TPSA) is 52.3 Å². The third-order valence-electron chi connectivity index (χ3n) is 2.65. The summed E-state index contributed by atoms with van der Waals surface area (Å²) in [5, 5.41) is 0. The molecule has 106 valence electrons. The van der Waals surface area contributed by atoms with Crippen LogP contribution in [0.2, 0.25) is 0 Å². The molecule has 2 N–H and O–H groups in total. The number of rotatable bonds is 5. The Kier molecular flexibility index (Phi) is 4.57. The van der Waals surface area contributed by atoms with Crippen molar-refractivity contribution in [2.24, 2.45) is 5.73 Å². The van der Waals surface area contributed by atoms with E-state index in [1.165, 1.54) is 25.1 Å². The minimum Gasteiger partial charge on any atom is -0.405 e. The van der Waals surface area contributed by atoms with Crippen molar-refractivity contribution in [3.8, 4) is 5.75 Å². The second-order valence-corrected chi connectivity index (χ2v) is 4.54. The van der Waals surface area contributed by atoms with Gasteiger partial charge < -0.3 is 10.5 Å². The lowest BCUT2D eigenvalue weighted by molar-refractivity contribution is -0.274. The molecule has 0 bridgehead atoms. The molecule has 0 aliphatic heterocycles. The molecule has 0 radical (unpaired) electrons. The smallest absolute Gasteiger partial charge is 0.405 e. The van der Waals surface area contributed by atoms with E-state index >= 15 is 0 Å². The van der Waals surface area contributed by atoms with Crippen molar-refractivity contribution in [2.75, 3.05) is 0 Å². The molecule has 0 spiro atoms. The highest BCUT2D eigenvalue weighted by Gasteiger charge is 2.35. The van der Waals surface area contributed by atoms with E-state index in [0.29, 0.717) is 12.8 Å². The molecule has 0 fully saturated rings. The van der Waals surface area contributed by atoms with Gasteiger partial charge >= 0.3 is 6.36 Å². The van der Waals surface area contributed by atoms with Crippen LogP contribution in [0.4, 0.5) is 13.2 Å². The third-order valence-corrected chi connectivity index (χ3v) is 2.65. The molecule has 0 aliphatic rings. The highest BCUT2D eigenvalue weighted by molar-refractivity contribution is 6.04. The maximum atomic E-state index is 12.3. The van der Waals surface area contributed by atoms with Gasteiger partial charge in [-0.25, -0.2) is 0 Å². The fourth-order valence-corrected chi connectivity index (χ4v) is 1.81. The van der Waals surface area contributed by atoms with Crippen molar-refractivity contribution in [1.29, 1.82) is 0 Å². The van der Waals surface area contributed by atoms with Gasteiger partial charge in [-0.3, -0.25) is 4.79 Å². The summed E-state index contributed by atoms with van der Waals surface area (Å²) in [6.45, 7) is 3.35. The standard InChI is InChI=1S/C13H16F3NO2/c1-3-8-12(2,17)11(18)9-6-4-5-7-10(9)19-13(14,15)16/h4-7H,3,8,17H2,1-2H3. The van der Waals surface area contributed by atoms with E-state index in [1.807, 2.05) is 6.92 Å². The van der Waals surface area contributed by atoms with Gasteiger partial charge in [0.25, 0.3) is 0 Å². The predicted molar refractivity (Wildman–Crippen MR) is 65.0 cm³/mol. The summed E-state index contributed by atoms with van der Waals surface area (Å²) in [7, 11) is 0. The van der Waals surface area contributed by atoms with E-state index in [4.69, 9.17) is 5.73 Å². The Balaban J connectivity index is 3.10. The summed E-state index contributed by atoms with van der Waals surface area (Å²) >= 11 is 0. The monoisotopic (exact) mass is 275 g/mol. The molecule has 0 aromatic heterocycles. The summed E-state index contributed by atoms with van der Waals surface area (Å²) in [5.74, 6) is -1.08. The number of halogens is 3. The largest absolute Gasteiger partial charge is 0.573 e. The van der Waals surface area contributed by atoms with Crippen molar-refractivity contribution < 1.29 is 22.7 Å². The van der Waals surface area contributed by atoms with Crippen LogP contribution in [-0.4, -0.2) is 17.7 Å². The third kappa shape index (κ3) is 4.24. The lowest BCUT2D eigenvalue weighted by Crippen LogP contribution is -2.45. The van der Waals surface area contributed by atoms with E-state index in [0.717, 1.165) is 6.07 Å². The Morgan fingerprint density at radius 1 is 1.32 bits per heavy atom. The Labute approximate surface area is 109 Å². The molecule has 0 saturated heterocycles. The summed E-state index contributed by atoms with van der Waals surface area (Å²) in [5.41, 5.74) is 4.49. The molecule has 1 atom stereocenters. The van der Waals surface area contributed by atoms with E-state index in [9.17, 15) is 18.0 Å². The lowest BCUT2D eigenvalue weighted by atomic mass is 9.88. The average molecular weight is 275 g/mol. The minimum absolute atomic E-state index is 0.154. The first-order valence-electron chi connectivity index (χ1n) is 5.86. The molecule has 0 saturated carbocycles. The van der Waals surface area contributed by atoms with E-state index in [1.54, 1.807) is 0 Å². The molecule has 1 rings (SSSR count). The number of para-hydroxylation sites is 1. The second-order valence-electron chi connectivity index (χ2n) is 4.54. The first-order chi connectivity index (χ1) is 8.67. The van der Waals surface area contributed by atoms with Gasteiger partial charge in [0.15, 0.2) is 5.78 Å². The zero-order valence-electron chi connectivity index (χ0n) is 10.8. The van der Waals surface area contributed by atoms with Crippen molar-refractivity contribution in [2.45, 2.75) is 38.6 Å². The van der Waals surface area contributed by atoms with Gasteiger partial charge in [0.2, 0.25) is 0 Å². The first kappa shape index (κ1) is 15.5. The van der Waals surface area contributed by atoms with Gasteiger partial charge in [0.05, 0.1) is 11.1 Å². The second kappa shape index (κ2) is 5.61. The van der Waals surface area contributed by atoms with Crippen molar-refractivity contribution in [3.05, 3.63) is 29.8 Å². The summed E-state index contributed by atoms with van der Waals surface area (Å²) < 4.78 is 40.6. The van der Waals surface area contributed by atoms with Gasteiger partial charge in [-0.05, 0) is 25.5 Å². The fraction of sp³-hybridized carbons (Fsp3) is 0.462. The highest BCUT2D eigenvalue weighted by Crippen LogP contribution is 2.29. The van der Waals surface area contributed by atoms with Crippen LogP contribution in [0.25, 0.3) is 0 Å². The highest BCUT2D eigenvalue weighted by atomic mass is 19.4. The molecule has 6 heteroatoms. The van der Waals surface area contributed by atoms with Crippen LogP contribution in [0.5, 0.6) is 5.75 Å². The average Bonchev–Trinajstić information content (AvgIpc) is 2.26. The van der Waals surface area contributed by atoms with Gasteiger partial charge in [0, 0.05) is 0 Å². The number of ether oxygens (including phenoxy) is 1. The molecule has 1 aromatic carbocycles. The number of hydrogen-bond acceptors (Lipinski definition) is 3. The number of benzene rings is 1. The van der Waals surface area contributed by atoms with Gasteiger partial charge in [-0.1, -0.05) is 25.5 Å². The number of hydrogen-bond donors (Lipinski definition) is 1. The molecule has 1 aromatic rings. The summed E-state index contributed by atoms with van der Waals surface area (Å²) in [6.07, 6.45) is -3.81. The summed E-state index contributed by atoms with van der Waals surface area (Å²) in [4.78, 5) is 12.2. The molecular formula is C13H16F3NO2. The summed E-state index contributed by atoms with van der Waals surface area (Å²) in [6, 6.07) is 5.22. The Morgan fingerprint density at radius 2 is 1.89 bits per heavy atom. The number of alkyl halides is 3. The molecule has 1 unspecified atom stereocenters. The van der Waals surface area contributed by atoms with Crippen molar-refractivity contribution >= 4 is 5.78 Å². The van der Waals surface area contributed by atoms with Crippen LogP contribution in [-0.2, 0) is 0 Å². The van der Waals surface area contributed by atoms with E-state index in [2.05, 4.69) is 4.74 Å². The van der Waals surface area contributed by atoms with Gasteiger partial charge in [-0.2, -0.15) is 0 Å². The number of ketones is 1. The van der Waals surface area contributed by atoms with Crippen molar-refractivity contribution in [3.63, 3.8) is 0 Å². The van der Waals surface area contributed by atoms with Crippen LogP contribution in [0.15, 0.2) is 24.3 Å². The number of carbonyl (C=O) groups is 1. The fourth-order valence-electron chi connectivity index (χ4n) is 1.81. The van der Waals surface area contributed by atoms with Crippen LogP contribution in [0, 0.1) is 0 Å². The minimum atomic E-state index is -4.84. The van der Waals surface area contributed by atoms with Gasteiger partial charge in [-0.15, -0.1) is 13.2 Å². The van der Waals surface area contributed by atoms with Gasteiger partial charge in [0.1, 0.15) is 5.75 Å². The Bertz CT molecular complexity index is 455. The maximum absolute atomic E-state index is 12.3. The van der Waals surface area contributed by atoms with Crippen molar-refractivity contribution in [1.82, 2.24) is 0 Å². The quantitative estimate of drug-likeness (QED) is 0.839. The molecule has 3 nitrogen and oxygen atoms in total. The first-order valence-corrected chi connectivity index (χ1v) is 5.86. The normalized spacial score (nSPS) is 14.8. The van der Waals surface area contributed by atoms with E-state index < -0.39 is 23.4 Å². The Morgan fingerprint density at radius 3 is 2.42 bits per heavy atom. The Hall–Kier alpha value is -1.56. The van der Waals surface area contributed by atoms with Crippen LogP contribution in [0.1, 0.15) is 37.0 Å². The zero-order chi connectivity index (χ0) is 14.7. The number of nitrogens with two attached hydrogens (primary N) is 1. The van der Waals surface area contributed by atoms with E-state index in [-0.39, 0.29) is 5.56 Å². The lowest BCUT2D eigenvalue weighted by Gasteiger charge is -2.23. The molecule has 0 heterocycles. The molecular weight excluding hydrogens is 259 g/mol. The molecule has 0 aliphatic carbocycles. The molecule has 0 amide bonds. The number of carbonyl (C=O) groups excluding carboxylic acids is 1. The zero-order valence-corrected chi connectivity index (χ0v) is 10.8. The van der Waals surface area contributed by atoms with Crippen LogP contribution >= 0.6 is 0 Å². The molecule has 19 heavy (non-hydrogen) atoms. The maximum Gasteiger partial charge on any atom is 0.573 e. The van der Waals surface area contributed by atoms with Crippen LogP contribution in [0.3, 0.4) is 0 Å². The number of Topliss-reactive ketones (excluding diaryl/α,β-unsaturated/α-hetero) is 1.